The molecule has 1 saturated heterocycles. The highest BCUT2D eigenvalue weighted by Crippen LogP contribution is 2.34. The van der Waals surface area contributed by atoms with Crippen LogP contribution in [0.3, 0.4) is 0 Å². The van der Waals surface area contributed by atoms with Crippen LogP contribution < -0.4 is 10.6 Å². The molecular weight excluding hydrogens is 324 g/mol. The smallest absolute Gasteiger partial charge is 0.338 e. The van der Waals surface area contributed by atoms with Crippen molar-refractivity contribution < 1.29 is 9.53 Å². The predicted molar refractivity (Wildman–Crippen MR) is 105 cm³/mol. The highest BCUT2D eigenvalue weighted by Gasteiger charge is 2.23. The van der Waals surface area contributed by atoms with E-state index >= 15 is 0 Å². The van der Waals surface area contributed by atoms with Crippen LogP contribution in [0.15, 0.2) is 30.0 Å². The van der Waals surface area contributed by atoms with Crippen LogP contribution in [0.4, 0.5) is 0 Å². The van der Waals surface area contributed by atoms with Gasteiger partial charge in [0.1, 0.15) is 0 Å². The first kappa shape index (κ1) is 19.0. The Labute approximate surface area is 157 Å². The molecule has 1 aliphatic heterocycles. The quantitative estimate of drug-likeness (QED) is 0.782. The van der Waals surface area contributed by atoms with Gasteiger partial charge < -0.3 is 15.4 Å². The van der Waals surface area contributed by atoms with Gasteiger partial charge >= 0.3 is 5.97 Å². The highest BCUT2D eigenvalue weighted by molar-refractivity contribution is 5.91. The summed E-state index contributed by atoms with van der Waals surface area (Å²) in [6, 6.07) is 7.33. The van der Waals surface area contributed by atoms with Gasteiger partial charge in [-0.2, -0.15) is 0 Å². The van der Waals surface area contributed by atoms with Crippen LogP contribution in [0.2, 0.25) is 0 Å². The van der Waals surface area contributed by atoms with Gasteiger partial charge in [-0.25, -0.2) is 4.79 Å². The summed E-state index contributed by atoms with van der Waals surface area (Å²) in [6.45, 7) is 5.34. The number of ether oxygens (including phenoxy) is 1. The third-order valence-corrected chi connectivity index (χ3v) is 5.84. The Balaban J connectivity index is 1.53. The summed E-state index contributed by atoms with van der Waals surface area (Å²) < 4.78 is 4.84. The molecule has 2 aliphatic rings. The standard InChI is InChI=1S/C22H32N2O2/c1-15-13-18(8-11-21(15)22(25)26-3)17-6-9-19(10-7-17)24-16(2)14-20-5-4-12-23-20/h8,11,13-14,17,19-20,23-24H,4-7,9-10,12H2,1-3H3/b16-14+/t17?,19?,20-/m1/s1. The third kappa shape index (κ3) is 4.67. The first-order valence-electron chi connectivity index (χ1n) is 9.94. The van der Waals surface area contributed by atoms with Crippen molar-refractivity contribution in [2.45, 2.75) is 70.4 Å². The lowest BCUT2D eigenvalue weighted by atomic mass is 9.81. The van der Waals surface area contributed by atoms with E-state index in [4.69, 9.17) is 4.74 Å². The van der Waals surface area contributed by atoms with Crippen LogP contribution in [0, 0.1) is 6.92 Å². The van der Waals surface area contributed by atoms with Crippen LogP contribution in [-0.4, -0.2) is 31.7 Å². The number of esters is 1. The second kappa shape index (κ2) is 8.72. The zero-order chi connectivity index (χ0) is 18.5. The summed E-state index contributed by atoms with van der Waals surface area (Å²) in [4.78, 5) is 11.8. The number of nitrogens with one attached hydrogen (secondary N) is 2. The Bertz CT molecular complexity index is 654. The fourth-order valence-electron chi connectivity index (χ4n) is 4.38. The average molecular weight is 357 g/mol. The lowest BCUT2D eigenvalue weighted by Crippen LogP contribution is -2.32. The molecule has 1 heterocycles. The van der Waals surface area contributed by atoms with Gasteiger partial charge in [0.15, 0.2) is 0 Å². The van der Waals surface area contributed by atoms with E-state index in [1.54, 1.807) is 0 Å². The second-order valence-corrected chi connectivity index (χ2v) is 7.81. The van der Waals surface area contributed by atoms with Crippen LogP contribution in [0.1, 0.15) is 72.9 Å². The number of hydrogen-bond acceptors (Lipinski definition) is 4. The van der Waals surface area contributed by atoms with E-state index in [-0.39, 0.29) is 5.97 Å². The molecule has 0 spiro atoms. The Hall–Kier alpha value is -1.81. The SMILES string of the molecule is COC(=O)c1ccc(C2CCC(N/C(C)=C/[C@H]3CCCN3)CC2)cc1C. The van der Waals surface area contributed by atoms with Crippen LogP contribution in [0.25, 0.3) is 0 Å². The number of allylic oxidation sites excluding steroid dienone is 1. The molecule has 0 bridgehead atoms. The topological polar surface area (TPSA) is 50.4 Å². The molecule has 1 aromatic rings. The van der Waals surface area contributed by atoms with Crippen molar-refractivity contribution in [1.29, 1.82) is 0 Å². The summed E-state index contributed by atoms with van der Waals surface area (Å²) in [5.74, 6) is 0.347. The number of carbonyl (C=O) groups is 1. The monoisotopic (exact) mass is 356 g/mol. The summed E-state index contributed by atoms with van der Waals surface area (Å²) in [7, 11) is 1.43. The number of methoxy groups -OCH3 is 1. The van der Waals surface area contributed by atoms with Crippen LogP contribution in [0.5, 0.6) is 0 Å². The van der Waals surface area contributed by atoms with Crippen molar-refractivity contribution >= 4 is 5.97 Å². The zero-order valence-corrected chi connectivity index (χ0v) is 16.3. The molecule has 0 aromatic heterocycles. The first-order valence-corrected chi connectivity index (χ1v) is 9.94. The van der Waals surface area contributed by atoms with E-state index in [1.807, 2.05) is 13.0 Å². The summed E-state index contributed by atoms with van der Waals surface area (Å²) in [5, 5.41) is 7.25. The number of benzene rings is 1. The molecular formula is C22H32N2O2. The third-order valence-electron chi connectivity index (χ3n) is 5.84. The molecule has 1 saturated carbocycles. The van der Waals surface area contributed by atoms with E-state index in [0.29, 0.717) is 23.6 Å². The van der Waals surface area contributed by atoms with Crippen LogP contribution in [-0.2, 0) is 4.74 Å². The number of carbonyl (C=O) groups excluding carboxylic acids is 1. The predicted octanol–water partition coefficient (Wildman–Crippen LogP) is 4.05. The molecule has 2 fully saturated rings. The van der Waals surface area contributed by atoms with Gasteiger partial charge in [-0.3, -0.25) is 0 Å². The van der Waals surface area contributed by atoms with E-state index in [1.165, 1.54) is 56.9 Å². The summed E-state index contributed by atoms with van der Waals surface area (Å²) in [5.41, 5.74) is 4.35. The highest BCUT2D eigenvalue weighted by atomic mass is 16.5. The summed E-state index contributed by atoms with van der Waals surface area (Å²) in [6.07, 6.45) is 9.69. The molecule has 4 heteroatoms. The Morgan fingerprint density at radius 1 is 1.23 bits per heavy atom. The largest absolute Gasteiger partial charge is 0.465 e. The minimum absolute atomic E-state index is 0.249. The molecule has 0 unspecified atom stereocenters. The van der Waals surface area contributed by atoms with Gasteiger partial charge in [0.25, 0.3) is 0 Å². The van der Waals surface area contributed by atoms with Gasteiger partial charge in [0, 0.05) is 17.8 Å². The van der Waals surface area contributed by atoms with E-state index in [0.717, 1.165) is 12.1 Å². The van der Waals surface area contributed by atoms with E-state index in [9.17, 15) is 4.79 Å². The minimum Gasteiger partial charge on any atom is -0.465 e. The Morgan fingerprint density at radius 3 is 2.62 bits per heavy atom. The van der Waals surface area contributed by atoms with E-state index in [2.05, 4.69) is 35.8 Å². The maximum absolute atomic E-state index is 11.8. The number of rotatable bonds is 5. The lowest BCUT2D eigenvalue weighted by Gasteiger charge is -2.30. The van der Waals surface area contributed by atoms with Gasteiger partial charge in [-0.1, -0.05) is 12.1 Å². The van der Waals surface area contributed by atoms with Gasteiger partial charge in [0.2, 0.25) is 0 Å². The van der Waals surface area contributed by atoms with Crippen molar-refractivity contribution in [3.8, 4) is 0 Å². The lowest BCUT2D eigenvalue weighted by molar-refractivity contribution is 0.0600. The van der Waals surface area contributed by atoms with Crippen molar-refractivity contribution in [3.63, 3.8) is 0 Å². The molecule has 0 radical (unpaired) electrons. The van der Waals surface area contributed by atoms with Crippen molar-refractivity contribution in [3.05, 3.63) is 46.7 Å². The minimum atomic E-state index is -0.249. The Morgan fingerprint density at radius 2 is 2.00 bits per heavy atom. The fraction of sp³-hybridized carbons (Fsp3) is 0.591. The molecule has 1 atom stereocenters. The molecule has 142 valence electrons. The molecule has 1 aliphatic carbocycles. The van der Waals surface area contributed by atoms with Gasteiger partial charge in [-0.15, -0.1) is 0 Å². The number of aryl methyl sites for hydroxylation is 1. The van der Waals surface area contributed by atoms with Crippen molar-refractivity contribution in [2.24, 2.45) is 0 Å². The number of hydrogen-bond donors (Lipinski definition) is 2. The van der Waals surface area contributed by atoms with Gasteiger partial charge in [0.05, 0.1) is 12.7 Å². The normalized spacial score (nSPS) is 26.6. The fourth-order valence-corrected chi connectivity index (χ4v) is 4.38. The second-order valence-electron chi connectivity index (χ2n) is 7.81. The van der Waals surface area contributed by atoms with E-state index < -0.39 is 0 Å². The maximum atomic E-state index is 11.8. The first-order chi connectivity index (χ1) is 12.6. The molecule has 1 aromatic carbocycles. The zero-order valence-electron chi connectivity index (χ0n) is 16.3. The molecule has 26 heavy (non-hydrogen) atoms. The Kier molecular flexibility index (Phi) is 6.36. The van der Waals surface area contributed by atoms with Crippen LogP contribution >= 0.6 is 0 Å². The average Bonchev–Trinajstić information content (AvgIpc) is 3.14. The van der Waals surface area contributed by atoms with Gasteiger partial charge in [-0.05, 0) is 88.1 Å². The maximum Gasteiger partial charge on any atom is 0.338 e. The summed E-state index contributed by atoms with van der Waals surface area (Å²) >= 11 is 0. The molecule has 3 rings (SSSR count). The van der Waals surface area contributed by atoms with Crippen molar-refractivity contribution in [2.75, 3.05) is 13.7 Å². The van der Waals surface area contributed by atoms with Crippen molar-refractivity contribution in [1.82, 2.24) is 10.6 Å². The molecule has 4 nitrogen and oxygen atoms in total. The molecule has 2 N–H and O–H groups in total. The molecule has 0 amide bonds.